The minimum absolute atomic E-state index is 0.0856. The summed E-state index contributed by atoms with van der Waals surface area (Å²) >= 11 is 0. The van der Waals surface area contributed by atoms with Crippen LogP contribution in [0.5, 0.6) is 0 Å². The predicted octanol–water partition coefficient (Wildman–Crippen LogP) is -0.0406. The lowest BCUT2D eigenvalue weighted by Crippen LogP contribution is -2.27. The number of aliphatic hydroxyl groups excluding tert-OH is 1. The lowest BCUT2D eigenvalue weighted by molar-refractivity contribution is -0.117. The van der Waals surface area contributed by atoms with Gasteiger partial charge < -0.3 is 10.0 Å². The highest BCUT2D eigenvalue weighted by atomic mass is 32.2. The second-order valence-electron chi connectivity index (χ2n) is 4.84. The molecule has 8 heteroatoms. The van der Waals surface area contributed by atoms with Gasteiger partial charge in [-0.2, -0.15) is 0 Å². The summed E-state index contributed by atoms with van der Waals surface area (Å²) in [4.78, 5) is 13.3. The highest BCUT2D eigenvalue weighted by molar-refractivity contribution is 7.89. The number of aliphatic hydroxyl groups is 1. The molecule has 0 radical (unpaired) electrons. The molecule has 1 amide bonds. The molecule has 1 heterocycles. The minimum Gasteiger partial charge on any atom is -0.392 e. The van der Waals surface area contributed by atoms with Gasteiger partial charge in [0.25, 0.3) is 0 Å². The van der Waals surface area contributed by atoms with Crippen molar-refractivity contribution in [3.05, 3.63) is 29.6 Å². The van der Waals surface area contributed by atoms with Crippen LogP contribution in [0.3, 0.4) is 0 Å². The zero-order valence-electron chi connectivity index (χ0n) is 10.6. The van der Waals surface area contributed by atoms with E-state index in [9.17, 15) is 17.6 Å². The normalized spacial score (nSPS) is 19.6. The molecular formula is C12H15FN2O4S. The van der Waals surface area contributed by atoms with Gasteiger partial charge >= 0.3 is 0 Å². The van der Waals surface area contributed by atoms with E-state index in [0.717, 1.165) is 0 Å². The van der Waals surface area contributed by atoms with Crippen molar-refractivity contribution in [2.45, 2.75) is 13.0 Å². The Morgan fingerprint density at radius 3 is 2.75 bits per heavy atom. The Balaban J connectivity index is 2.20. The molecular weight excluding hydrogens is 287 g/mol. The van der Waals surface area contributed by atoms with Crippen LogP contribution in [0.1, 0.15) is 12.0 Å². The Morgan fingerprint density at radius 2 is 2.15 bits per heavy atom. The quantitative estimate of drug-likeness (QED) is 0.815. The summed E-state index contributed by atoms with van der Waals surface area (Å²) in [6, 6.07) is 3.97. The third-order valence-corrected chi connectivity index (χ3v) is 4.12. The molecule has 1 aliphatic rings. The molecule has 1 unspecified atom stereocenters. The molecule has 1 atom stereocenters. The van der Waals surface area contributed by atoms with E-state index in [1.807, 2.05) is 0 Å². The van der Waals surface area contributed by atoms with Crippen LogP contribution in [-0.4, -0.2) is 31.7 Å². The van der Waals surface area contributed by atoms with Crippen molar-refractivity contribution in [2.24, 2.45) is 11.1 Å². The average molecular weight is 302 g/mol. The number of nitrogens with zero attached hydrogens (tertiary/aromatic N) is 1. The van der Waals surface area contributed by atoms with Crippen LogP contribution in [-0.2, 0) is 21.4 Å². The number of hydrogen-bond donors (Lipinski definition) is 2. The predicted molar refractivity (Wildman–Crippen MR) is 70.8 cm³/mol. The molecule has 3 N–H and O–H groups in total. The van der Waals surface area contributed by atoms with Gasteiger partial charge in [0.15, 0.2) is 0 Å². The monoisotopic (exact) mass is 302 g/mol. The average Bonchev–Trinajstić information content (AvgIpc) is 2.68. The van der Waals surface area contributed by atoms with Crippen LogP contribution in [0.2, 0.25) is 0 Å². The van der Waals surface area contributed by atoms with E-state index in [1.165, 1.54) is 23.1 Å². The Kier molecular flexibility index (Phi) is 4.07. The number of hydrogen-bond acceptors (Lipinski definition) is 4. The molecule has 0 aliphatic carbocycles. The first-order valence-electron chi connectivity index (χ1n) is 6.00. The molecule has 6 nitrogen and oxygen atoms in total. The number of carbonyl (C=O) groups is 1. The van der Waals surface area contributed by atoms with Crippen LogP contribution < -0.4 is 10.0 Å². The van der Waals surface area contributed by atoms with Gasteiger partial charge in [-0.3, -0.25) is 4.79 Å². The first-order valence-corrected chi connectivity index (χ1v) is 7.72. The number of anilines is 1. The fourth-order valence-electron chi connectivity index (χ4n) is 2.32. The molecule has 0 saturated carbocycles. The zero-order chi connectivity index (χ0) is 14.9. The van der Waals surface area contributed by atoms with Crippen LogP contribution in [0.15, 0.2) is 18.2 Å². The van der Waals surface area contributed by atoms with Crippen LogP contribution in [0, 0.1) is 11.7 Å². The van der Waals surface area contributed by atoms with Gasteiger partial charge in [0.05, 0.1) is 12.4 Å². The maximum absolute atomic E-state index is 13.3. The fourth-order valence-corrected chi connectivity index (χ4v) is 3.20. The molecule has 110 valence electrons. The van der Waals surface area contributed by atoms with Gasteiger partial charge in [0.1, 0.15) is 5.82 Å². The summed E-state index contributed by atoms with van der Waals surface area (Å²) in [5.41, 5.74) is 0.530. The first-order chi connectivity index (χ1) is 9.30. The summed E-state index contributed by atoms with van der Waals surface area (Å²) in [7, 11) is -3.64. The van der Waals surface area contributed by atoms with Crippen molar-refractivity contribution in [1.82, 2.24) is 0 Å². The minimum atomic E-state index is -3.64. The van der Waals surface area contributed by atoms with Crippen molar-refractivity contribution in [3.63, 3.8) is 0 Å². The molecule has 1 aromatic rings. The van der Waals surface area contributed by atoms with Crippen LogP contribution >= 0.6 is 0 Å². The number of sulfonamides is 1. The number of benzene rings is 1. The van der Waals surface area contributed by atoms with Gasteiger partial charge in [-0.15, -0.1) is 0 Å². The topological polar surface area (TPSA) is 101 Å². The summed E-state index contributed by atoms with van der Waals surface area (Å²) in [5, 5.41) is 14.0. The van der Waals surface area contributed by atoms with Gasteiger partial charge in [0.2, 0.25) is 15.9 Å². The van der Waals surface area contributed by atoms with E-state index in [4.69, 9.17) is 10.2 Å². The molecule has 1 aliphatic heterocycles. The summed E-state index contributed by atoms with van der Waals surface area (Å²) in [5.74, 6) is -1.43. The number of carbonyl (C=O) groups excluding carboxylic acids is 1. The number of rotatable bonds is 4. The third kappa shape index (κ3) is 3.33. The number of amides is 1. The van der Waals surface area contributed by atoms with E-state index in [2.05, 4.69) is 0 Å². The fraction of sp³-hybridized carbons (Fsp3) is 0.417. The largest absolute Gasteiger partial charge is 0.392 e. The number of halogens is 1. The number of primary sulfonamides is 1. The standard InChI is InChI=1S/C12H15FN2O4S/c13-11-2-1-10(4-9(11)6-16)15-5-8(3-12(15)17)7-20(14,18)19/h1-2,4,8,16H,3,5-7H2,(H2,14,18,19). The highest BCUT2D eigenvalue weighted by Crippen LogP contribution is 2.27. The van der Waals surface area contributed by atoms with Crippen molar-refractivity contribution in [1.29, 1.82) is 0 Å². The molecule has 0 spiro atoms. The molecule has 2 rings (SSSR count). The van der Waals surface area contributed by atoms with Gasteiger partial charge in [-0.05, 0) is 18.2 Å². The molecule has 0 bridgehead atoms. The Morgan fingerprint density at radius 1 is 1.45 bits per heavy atom. The van der Waals surface area contributed by atoms with Crippen molar-refractivity contribution >= 4 is 21.6 Å². The van der Waals surface area contributed by atoms with Gasteiger partial charge in [-0.1, -0.05) is 0 Å². The van der Waals surface area contributed by atoms with Crippen LogP contribution in [0.4, 0.5) is 10.1 Å². The van der Waals surface area contributed by atoms with E-state index in [1.54, 1.807) is 0 Å². The molecule has 1 aromatic carbocycles. The maximum atomic E-state index is 13.3. The van der Waals surface area contributed by atoms with E-state index >= 15 is 0 Å². The number of nitrogens with two attached hydrogens (primary N) is 1. The summed E-state index contributed by atoms with van der Waals surface area (Å²) in [6.07, 6.45) is 0.0856. The van der Waals surface area contributed by atoms with Gasteiger partial charge in [-0.25, -0.2) is 17.9 Å². The van der Waals surface area contributed by atoms with E-state index in [0.29, 0.717) is 5.69 Å². The highest BCUT2D eigenvalue weighted by Gasteiger charge is 2.33. The molecule has 1 fully saturated rings. The molecule has 20 heavy (non-hydrogen) atoms. The molecule has 0 aromatic heterocycles. The Labute approximate surface area is 116 Å². The third-order valence-electron chi connectivity index (χ3n) is 3.18. The lowest BCUT2D eigenvalue weighted by atomic mass is 10.1. The van der Waals surface area contributed by atoms with E-state index < -0.39 is 22.4 Å². The molecule has 1 saturated heterocycles. The lowest BCUT2D eigenvalue weighted by Gasteiger charge is -2.17. The Hall–Kier alpha value is -1.51. The van der Waals surface area contributed by atoms with E-state index in [-0.39, 0.29) is 36.1 Å². The Bertz CT molecular complexity index is 632. The second-order valence-corrected chi connectivity index (χ2v) is 6.50. The zero-order valence-corrected chi connectivity index (χ0v) is 11.4. The van der Waals surface area contributed by atoms with Gasteiger partial charge in [0, 0.05) is 30.1 Å². The van der Waals surface area contributed by atoms with Crippen molar-refractivity contribution < 1.29 is 22.7 Å². The second kappa shape index (κ2) is 5.47. The maximum Gasteiger partial charge on any atom is 0.227 e. The van der Waals surface area contributed by atoms with Crippen LogP contribution in [0.25, 0.3) is 0 Å². The van der Waals surface area contributed by atoms with Crippen molar-refractivity contribution in [2.75, 3.05) is 17.2 Å². The SMILES string of the molecule is NS(=O)(=O)CC1CC(=O)N(c2ccc(F)c(CO)c2)C1. The summed E-state index contributed by atoms with van der Waals surface area (Å²) < 4.78 is 35.4. The first kappa shape index (κ1) is 14.9. The van der Waals surface area contributed by atoms with Crippen molar-refractivity contribution in [3.8, 4) is 0 Å². The smallest absolute Gasteiger partial charge is 0.227 e. The summed E-state index contributed by atoms with van der Waals surface area (Å²) in [6.45, 7) is -0.256.